The first-order valence-electron chi connectivity index (χ1n) is 7.41. The molecule has 5 nitrogen and oxygen atoms in total. The van der Waals surface area contributed by atoms with Gasteiger partial charge in [-0.3, -0.25) is 4.79 Å². The molecule has 1 N–H and O–H groups in total. The molecule has 0 spiro atoms. The summed E-state index contributed by atoms with van der Waals surface area (Å²) in [7, 11) is 2.12. The summed E-state index contributed by atoms with van der Waals surface area (Å²) in [5.74, 6) is 0.777. The molecule has 1 aromatic rings. The molecule has 0 aromatic carbocycles. The minimum atomic E-state index is -0.954. The second-order valence-electron chi connectivity index (χ2n) is 6.36. The van der Waals surface area contributed by atoms with Crippen molar-refractivity contribution in [3.05, 3.63) is 18.3 Å². The maximum Gasteiger partial charge on any atom is 0.233 e. The number of aromatic nitrogens is 1. The van der Waals surface area contributed by atoms with Crippen molar-refractivity contribution < 1.29 is 4.79 Å². The summed E-state index contributed by atoms with van der Waals surface area (Å²) in [6, 6.07) is 3.80. The number of hydrogen-bond donors (Lipinski definition) is 1. The van der Waals surface area contributed by atoms with E-state index in [4.69, 9.17) is 23.2 Å². The Morgan fingerprint density at radius 1 is 1.27 bits per heavy atom. The monoisotopic (exact) mass is 342 g/mol. The Bertz CT molecular complexity index is 569. The van der Waals surface area contributed by atoms with E-state index in [1.807, 2.05) is 12.1 Å². The van der Waals surface area contributed by atoms with E-state index in [9.17, 15) is 4.79 Å². The highest BCUT2D eigenvalue weighted by Crippen LogP contribution is 2.64. The summed E-state index contributed by atoms with van der Waals surface area (Å²) in [5, 5.41) is 2.84. The van der Waals surface area contributed by atoms with Crippen LogP contribution in [0.25, 0.3) is 0 Å². The Labute approximate surface area is 140 Å². The number of likely N-dealkylation sites (N-methyl/N-ethyl adjacent to an activating group) is 1. The fourth-order valence-corrected chi connectivity index (χ4v) is 3.30. The number of piperazine rings is 1. The maximum atomic E-state index is 12.2. The number of anilines is 2. The lowest BCUT2D eigenvalue weighted by Gasteiger charge is -2.33. The first kappa shape index (κ1) is 15.8. The van der Waals surface area contributed by atoms with Crippen LogP contribution in [0.2, 0.25) is 0 Å². The van der Waals surface area contributed by atoms with Gasteiger partial charge in [0.15, 0.2) is 0 Å². The molecule has 7 heteroatoms. The van der Waals surface area contributed by atoms with Gasteiger partial charge in [-0.25, -0.2) is 4.98 Å². The molecule has 1 saturated heterocycles. The van der Waals surface area contributed by atoms with E-state index in [1.165, 1.54) is 0 Å². The summed E-state index contributed by atoms with van der Waals surface area (Å²) in [5.41, 5.74) is -0.0492. The Morgan fingerprint density at radius 3 is 2.41 bits per heavy atom. The van der Waals surface area contributed by atoms with Gasteiger partial charge >= 0.3 is 0 Å². The van der Waals surface area contributed by atoms with Crippen molar-refractivity contribution in [3.8, 4) is 0 Å². The van der Waals surface area contributed by atoms with E-state index in [0.29, 0.717) is 12.1 Å². The summed E-state index contributed by atoms with van der Waals surface area (Å²) < 4.78 is -0.954. The maximum absolute atomic E-state index is 12.2. The van der Waals surface area contributed by atoms with E-state index in [0.717, 1.165) is 32.0 Å². The van der Waals surface area contributed by atoms with Crippen molar-refractivity contribution in [2.24, 2.45) is 5.41 Å². The largest absolute Gasteiger partial charge is 0.354 e. The highest BCUT2D eigenvalue weighted by molar-refractivity contribution is 6.53. The minimum absolute atomic E-state index is 0.161. The number of pyridine rings is 1. The van der Waals surface area contributed by atoms with Crippen molar-refractivity contribution in [1.82, 2.24) is 9.88 Å². The number of rotatable bonds is 3. The van der Waals surface area contributed by atoms with Gasteiger partial charge in [-0.05, 0) is 32.5 Å². The lowest BCUT2D eigenvalue weighted by Crippen LogP contribution is -2.44. The van der Waals surface area contributed by atoms with Crippen LogP contribution in [0.3, 0.4) is 0 Å². The third kappa shape index (κ3) is 2.90. The topological polar surface area (TPSA) is 48.5 Å². The van der Waals surface area contributed by atoms with Crippen LogP contribution in [0.1, 0.15) is 13.3 Å². The Morgan fingerprint density at radius 2 is 1.91 bits per heavy atom. The molecule has 22 heavy (non-hydrogen) atoms. The average Bonchev–Trinajstić information content (AvgIpc) is 3.01. The first-order valence-corrected chi connectivity index (χ1v) is 8.16. The zero-order valence-electron chi connectivity index (χ0n) is 12.8. The minimum Gasteiger partial charge on any atom is -0.354 e. The van der Waals surface area contributed by atoms with Crippen molar-refractivity contribution in [2.45, 2.75) is 17.7 Å². The second-order valence-corrected chi connectivity index (χ2v) is 7.85. The molecule has 1 saturated carbocycles. The van der Waals surface area contributed by atoms with Crippen molar-refractivity contribution in [2.75, 3.05) is 43.4 Å². The van der Waals surface area contributed by atoms with Gasteiger partial charge in [0.05, 0.1) is 17.3 Å². The predicted octanol–water partition coefficient (Wildman–Crippen LogP) is 2.36. The quantitative estimate of drug-likeness (QED) is 0.856. The summed E-state index contributed by atoms with van der Waals surface area (Å²) in [4.78, 5) is 21.2. The van der Waals surface area contributed by atoms with Gasteiger partial charge < -0.3 is 15.1 Å². The van der Waals surface area contributed by atoms with Crippen LogP contribution < -0.4 is 10.2 Å². The number of carbonyl (C=O) groups excluding carboxylic acids is 1. The average molecular weight is 343 g/mol. The third-order valence-electron chi connectivity index (χ3n) is 4.59. The van der Waals surface area contributed by atoms with Gasteiger partial charge in [-0.15, -0.1) is 23.2 Å². The van der Waals surface area contributed by atoms with Gasteiger partial charge in [0.1, 0.15) is 10.2 Å². The number of amides is 1. The van der Waals surface area contributed by atoms with Crippen molar-refractivity contribution in [1.29, 1.82) is 0 Å². The van der Waals surface area contributed by atoms with Crippen LogP contribution in [0.15, 0.2) is 18.3 Å². The van der Waals surface area contributed by atoms with Crippen LogP contribution >= 0.6 is 23.2 Å². The normalized spacial score (nSPS) is 27.5. The van der Waals surface area contributed by atoms with Gasteiger partial charge in [0, 0.05) is 26.2 Å². The number of alkyl halides is 2. The Kier molecular flexibility index (Phi) is 4.00. The molecule has 3 rings (SSSR count). The van der Waals surface area contributed by atoms with E-state index in [1.54, 1.807) is 13.1 Å². The zero-order chi connectivity index (χ0) is 16.0. The molecule has 1 atom stereocenters. The Balaban J connectivity index is 1.61. The van der Waals surface area contributed by atoms with Crippen molar-refractivity contribution >= 4 is 40.6 Å². The number of halogens is 2. The molecule has 120 valence electrons. The molecule has 1 aliphatic carbocycles. The highest BCUT2D eigenvalue weighted by Gasteiger charge is 2.67. The molecule has 2 heterocycles. The van der Waals surface area contributed by atoms with Crippen LogP contribution in [-0.4, -0.2) is 53.4 Å². The molecule has 2 aliphatic rings. The smallest absolute Gasteiger partial charge is 0.233 e. The lowest BCUT2D eigenvalue weighted by molar-refractivity contribution is -0.120. The van der Waals surface area contributed by atoms with Gasteiger partial charge in [-0.2, -0.15) is 0 Å². The molecule has 1 aliphatic heterocycles. The number of hydrogen-bond acceptors (Lipinski definition) is 4. The fraction of sp³-hybridized carbons (Fsp3) is 0.600. The molecule has 1 unspecified atom stereocenters. The van der Waals surface area contributed by atoms with Gasteiger partial charge in [-0.1, -0.05) is 0 Å². The van der Waals surface area contributed by atoms with E-state index in [-0.39, 0.29) is 5.91 Å². The van der Waals surface area contributed by atoms with Crippen molar-refractivity contribution in [3.63, 3.8) is 0 Å². The lowest BCUT2D eigenvalue weighted by atomic mass is 10.1. The standard InChI is InChI=1S/C15H20Cl2N4O/c1-14(10-15(14,16)17)13(22)19-11-3-4-12(18-9-11)21-7-5-20(2)6-8-21/h3-4,9H,5-8,10H2,1-2H3,(H,19,22). The first-order chi connectivity index (χ1) is 10.3. The van der Waals surface area contributed by atoms with E-state index < -0.39 is 9.75 Å². The molecule has 1 amide bonds. The number of nitrogens with zero attached hydrogens (tertiary/aromatic N) is 3. The van der Waals surface area contributed by atoms with Crippen LogP contribution in [0, 0.1) is 5.41 Å². The zero-order valence-corrected chi connectivity index (χ0v) is 14.3. The SMILES string of the molecule is CN1CCN(c2ccc(NC(=O)C3(C)CC3(Cl)Cl)cn2)CC1. The highest BCUT2D eigenvalue weighted by atomic mass is 35.5. The molecule has 0 radical (unpaired) electrons. The number of carbonyl (C=O) groups is 1. The molecule has 0 bridgehead atoms. The van der Waals surface area contributed by atoms with Gasteiger partial charge in [0.2, 0.25) is 5.91 Å². The predicted molar refractivity (Wildman–Crippen MR) is 89.7 cm³/mol. The van der Waals surface area contributed by atoms with Gasteiger partial charge in [0.25, 0.3) is 0 Å². The third-order valence-corrected chi connectivity index (χ3v) is 5.69. The van der Waals surface area contributed by atoms with Crippen LogP contribution in [-0.2, 0) is 4.79 Å². The summed E-state index contributed by atoms with van der Waals surface area (Å²) >= 11 is 12.1. The summed E-state index contributed by atoms with van der Waals surface area (Å²) in [6.45, 7) is 5.77. The number of nitrogens with one attached hydrogen (secondary N) is 1. The second kappa shape index (κ2) is 5.55. The van der Waals surface area contributed by atoms with Crippen LogP contribution in [0.4, 0.5) is 11.5 Å². The van der Waals surface area contributed by atoms with E-state index >= 15 is 0 Å². The molecular weight excluding hydrogens is 323 g/mol. The molecule has 2 fully saturated rings. The Hall–Kier alpha value is -1.04. The molecule has 1 aromatic heterocycles. The fourth-order valence-electron chi connectivity index (χ4n) is 2.60. The van der Waals surface area contributed by atoms with E-state index in [2.05, 4.69) is 27.1 Å². The van der Waals surface area contributed by atoms with Crippen LogP contribution in [0.5, 0.6) is 0 Å². The summed E-state index contributed by atoms with van der Waals surface area (Å²) in [6.07, 6.45) is 2.16. The molecular formula is C15H20Cl2N4O.